The Kier molecular flexibility index (Phi) is 4.22. The van der Waals surface area contributed by atoms with E-state index in [0.29, 0.717) is 12.3 Å². The molecule has 0 bridgehead atoms. The number of rotatable bonds is 2. The van der Waals surface area contributed by atoms with E-state index < -0.39 is 5.82 Å². The van der Waals surface area contributed by atoms with Crippen LogP contribution in [0.1, 0.15) is 53.5 Å². The molecule has 4 nitrogen and oxygen atoms in total. The third kappa shape index (κ3) is 2.89. The summed E-state index contributed by atoms with van der Waals surface area (Å²) in [6, 6.07) is 7.81. The molecule has 0 spiro atoms. The van der Waals surface area contributed by atoms with Crippen LogP contribution in [-0.2, 0) is 0 Å². The first-order chi connectivity index (χ1) is 10.7. The molecule has 22 heavy (non-hydrogen) atoms. The second kappa shape index (κ2) is 6.30. The summed E-state index contributed by atoms with van der Waals surface area (Å²) in [4.78, 5) is 14.5. The van der Waals surface area contributed by atoms with Gasteiger partial charge in [-0.15, -0.1) is 0 Å². The molecule has 0 N–H and O–H groups in total. The van der Waals surface area contributed by atoms with Gasteiger partial charge in [-0.05, 0) is 31.9 Å². The van der Waals surface area contributed by atoms with Gasteiger partial charge in [-0.25, -0.2) is 4.39 Å². The maximum absolute atomic E-state index is 13.9. The molecule has 1 atom stereocenters. The Morgan fingerprint density at radius 1 is 1.32 bits per heavy atom. The van der Waals surface area contributed by atoms with Crippen LogP contribution in [0.25, 0.3) is 0 Å². The van der Waals surface area contributed by atoms with Gasteiger partial charge in [-0.1, -0.05) is 30.1 Å². The maximum atomic E-state index is 13.9. The molecule has 1 saturated heterocycles. The molecule has 0 saturated carbocycles. The molecule has 1 aliphatic rings. The molecule has 3 rings (SSSR count). The highest BCUT2D eigenvalue weighted by molar-refractivity contribution is 5.94. The minimum Gasteiger partial charge on any atom is -0.359 e. The largest absolute Gasteiger partial charge is 0.359 e. The topological polar surface area (TPSA) is 46.3 Å². The number of hydrogen-bond donors (Lipinski definition) is 0. The van der Waals surface area contributed by atoms with E-state index in [4.69, 9.17) is 4.52 Å². The smallest absolute Gasteiger partial charge is 0.257 e. The van der Waals surface area contributed by atoms with Gasteiger partial charge in [0.05, 0.1) is 17.3 Å². The summed E-state index contributed by atoms with van der Waals surface area (Å²) >= 11 is 0. The fourth-order valence-electron chi connectivity index (χ4n) is 2.98. The van der Waals surface area contributed by atoms with Crippen LogP contribution in [0.2, 0.25) is 0 Å². The van der Waals surface area contributed by atoms with E-state index in [-0.39, 0.29) is 17.5 Å². The van der Waals surface area contributed by atoms with E-state index in [1.807, 2.05) is 13.0 Å². The lowest BCUT2D eigenvalue weighted by molar-refractivity contribution is 0.0646. The van der Waals surface area contributed by atoms with Crippen LogP contribution < -0.4 is 0 Å². The van der Waals surface area contributed by atoms with Crippen molar-refractivity contribution < 1.29 is 13.7 Å². The third-order valence-corrected chi connectivity index (χ3v) is 4.09. The molecule has 2 aromatic rings. The van der Waals surface area contributed by atoms with E-state index in [1.54, 1.807) is 17.0 Å². The first-order valence-electron chi connectivity index (χ1n) is 7.65. The number of halogens is 1. The molecule has 0 radical (unpaired) electrons. The van der Waals surface area contributed by atoms with Crippen LogP contribution >= 0.6 is 0 Å². The molecule has 0 aliphatic carbocycles. The minimum absolute atomic E-state index is 0.116. The molecule has 1 amide bonds. The Balaban J connectivity index is 1.94. The van der Waals surface area contributed by atoms with Gasteiger partial charge < -0.3 is 9.42 Å². The normalized spacial score (nSPS) is 19.0. The van der Waals surface area contributed by atoms with E-state index >= 15 is 0 Å². The van der Waals surface area contributed by atoms with Crippen molar-refractivity contribution in [3.8, 4) is 0 Å². The predicted molar refractivity (Wildman–Crippen MR) is 79.9 cm³/mol. The van der Waals surface area contributed by atoms with Gasteiger partial charge >= 0.3 is 0 Å². The Morgan fingerprint density at radius 3 is 2.86 bits per heavy atom. The molecule has 1 aromatic heterocycles. The number of benzene rings is 1. The maximum Gasteiger partial charge on any atom is 0.257 e. The van der Waals surface area contributed by atoms with Crippen molar-refractivity contribution in [1.29, 1.82) is 0 Å². The van der Waals surface area contributed by atoms with Gasteiger partial charge in [-0.3, -0.25) is 4.79 Å². The SMILES string of the molecule is Cc1cc(C2CCCCCN2C(=O)c2ccccc2F)on1. The van der Waals surface area contributed by atoms with Crippen LogP contribution in [-0.4, -0.2) is 22.5 Å². The van der Waals surface area contributed by atoms with Gasteiger partial charge in [0.25, 0.3) is 5.91 Å². The molecule has 5 heteroatoms. The Morgan fingerprint density at radius 2 is 2.14 bits per heavy atom. The minimum atomic E-state index is -0.482. The van der Waals surface area contributed by atoms with Crippen molar-refractivity contribution in [2.45, 2.75) is 38.6 Å². The average molecular weight is 302 g/mol. The first-order valence-corrected chi connectivity index (χ1v) is 7.65. The number of carbonyl (C=O) groups excluding carboxylic acids is 1. The van der Waals surface area contributed by atoms with E-state index in [0.717, 1.165) is 31.4 Å². The zero-order valence-electron chi connectivity index (χ0n) is 12.6. The molecule has 2 heterocycles. The van der Waals surface area contributed by atoms with E-state index in [1.165, 1.54) is 12.1 Å². The lowest BCUT2D eigenvalue weighted by Crippen LogP contribution is -2.35. The Hall–Kier alpha value is -2.17. The number of aryl methyl sites for hydroxylation is 1. The van der Waals surface area contributed by atoms with Crippen LogP contribution in [0, 0.1) is 12.7 Å². The zero-order chi connectivity index (χ0) is 15.5. The first kappa shape index (κ1) is 14.8. The summed E-state index contributed by atoms with van der Waals surface area (Å²) in [7, 11) is 0. The lowest BCUT2D eigenvalue weighted by Gasteiger charge is -2.28. The summed E-state index contributed by atoms with van der Waals surface area (Å²) in [6.07, 6.45) is 3.81. The number of likely N-dealkylation sites (tertiary alicyclic amines) is 1. The van der Waals surface area contributed by atoms with Gasteiger partial charge in [0.2, 0.25) is 0 Å². The van der Waals surface area contributed by atoms with Crippen molar-refractivity contribution in [2.24, 2.45) is 0 Å². The fourth-order valence-corrected chi connectivity index (χ4v) is 2.98. The summed E-state index contributed by atoms with van der Waals surface area (Å²) in [5, 5.41) is 3.92. The van der Waals surface area contributed by atoms with Crippen LogP contribution in [0.5, 0.6) is 0 Å². The average Bonchev–Trinajstić information content (AvgIpc) is 2.80. The zero-order valence-corrected chi connectivity index (χ0v) is 12.6. The van der Waals surface area contributed by atoms with E-state index in [9.17, 15) is 9.18 Å². The molecule has 1 unspecified atom stereocenters. The second-order valence-corrected chi connectivity index (χ2v) is 5.71. The Labute approximate surface area is 128 Å². The van der Waals surface area contributed by atoms with Crippen LogP contribution in [0.3, 0.4) is 0 Å². The second-order valence-electron chi connectivity index (χ2n) is 5.71. The van der Waals surface area contributed by atoms with Gasteiger partial charge in [0.1, 0.15) is 5.82 Å². The number of aromatic nitrogens is 1. The van der Waals surface area contributed by atoms with E-state index in [2.05, 4.69) is 5.16 Å². The molecule has 1 fully saturated rings. The lowest BCUT2D eigenvalue weighted by atomic mass is 10.1. The molecular formula is C17H19FN2O2. The number of hydrogen-bond acceptors (Lipinski definition) is 3. The molecule has 1 aliphatic heterocycles. The summed E-state index contributed by atoms with van der Waals surface area (Å²) in [6.45, 7) is 2.46. The predicted octanol–water partition coefficient (Wildman–Crippen LogP) is 3.88. The quantitative estimate of drug-likeness (QED) is 0.845. The van der Waals surface area contributed by atoms with Crippen LogP contribution in [0.4, 0.5) is 4.39 Å². The molecule has 116 valence electrons. The highest BCUT2D eigenvalue weighted by atomic mass is 19.1. The van der Waals surface area contributed by atoms with Gasteiger partial charge in [-0.2, -0.15) is 0 Å². The van der Waals surface area contributed by atoms with Crippen molar-refractivity contribution in [1.82, 2.24) is 10.1 Å². The summed E-state index contributed by atoms with van der Waals surface area (Å²) in [5.74, 6) is -0.0765. The van der Waals surface area contributed by atoms with Crippen molar-refractivity contribution in [3.05, 3.63) is 53.2 Å². The highest BCUT2D eigenvalue weighted by Crippen LogP contribution is 2.32. The number of carbonyl (C=O) groups is 1. The van der Waals surface area contributed by atoms with Crippen molar-refractivity contribution in [3.63, 3.8) is 0 Å². The number of nitrogens with zero attached hydrogens (tertiary/aromatic N) is 2. The standard InChI is InChI=1S/C17H19FN2O2/c1-12-11-16(22-19-12)15-9-3-2-6-10-20(15)17(21)13-7-4-5-8-14(13)18/h4-5,7-8,11,15H,2-3,6,9-10H2,1H3. The van der Waals surface area contributed by atoms with Crippen molar-refractivity contribution in [2.75, 3.05) is 6.54 Å². The van der Waals surface area contributed by atoms with Gasteiger partial charge in [0.15, 0.2) is 5.76 Å². The summed E-state index contributed by atoms with van der Waals surface area (Å²) < 4.78 is 19.3. The van der Waals surface area contributed by atoms with Crippen LogP contribution in [0.15, 0.2) is 34.9 Å². The number of amides is 1. The summed E-state index contributed by atoms with van der Waals surface area (Å²) in [5.41, 5.74) is 0.906. The molecule has 1 aromatic carbocycles. The Bertz CT molecular complexity index is 668. The van der Waals surface area contributed by atoms with Gasteiger partial charge in [0, 0.05) is 12.6 Å². The fraction of sp³-hybridized carbons (Fsp3) is 0.412. The third-order valence-electron chi connectivity index (χ3n) is 4.09. The monoisotopic (exact) mass is 302 g/mol. The molecular weight excluding hydrogens is 283 g/mol. The van der Waals surface area contributed by atoms with Crippen molar-refractivity contribution >= 4 is 5.91 Å². The highest BCUT2D eigenvalue weighted by Gasteiger charge is 2.31.